The van der Waals surface area contributed by atoms with Crippen molar-refractivity contribution in [3.05, 3.63) is 53.6 Å². The van der Waals surface area contributed by atoms with Crippen LogP contribution in [0.1, 0.15) is 50.7 Å². The Labute approximate surface area is 164 Å². The molecule has 0 spiro atoms. The minimum Gasteiger partial charge on any atom is -0.357 e. The predicted octanol–water partition coefficient (Wildman–Crippen LogP) is 4.37. The van der Waals surface area contributed by atoms with Crippen molar-refractivity contribution >= 4 is 5.96 Å². The molecule has 0 radical (unpaired) electrons. The van der Waals surface area contributed by atoms with Crippen LogP contribution in [0.5, 0.6) is 0 Å². The van der Waals surface area contributed by atoms with Crippen LogP contribution in [0.3, 0.4) is 0 Å². The molecule has 0 saturated carbocycles. The fourth-order valence-electron chi connectivity index (χ4n) is 2.79. The number of nitrogens with one attached hydrogen (secondary N) is 2. The maximum absolute atomic E-state index is 13.0. The lowest BCUT2D eigenvalue weighted by Gasteiger charge is -2.19. The summed E-state index contributed by atoms with van der Waals surface area (Å²) in [7, 11) is 0. The average Bonchev–Trinajstić information content (AvgIpc) is 3.05. The molecule has 8 heteroatoms. The number of hydrogen-bond acceptors (Lipinski definition) is 2. The summed E-state index contributed by atoms with van der Waals surface area (Å²) in [5, 5.41) is 6.30. The fourth-order valence-corrected chi connectivity index (χ4v) is 2.79. The van der Waals surface area contributed by atoms with E-state index in [2.05, 4.69) is 39.0 Å². The van der Waals surface area contributed by atoms with Crippen molar-refractivity contribution in [2.24, 2.45) is 10.9 Å². The van der Waals surface area contributed by atoms with Gasteiger partial charge in [-0.15, -0.1) is 0 Å². The Morgan fingerprint density at radius 2 is 2.00 bits per heavy atom. The molecule has 1 aromatic heterocycles. The van der Waals surface area contributed by atoms with Crippen molar-refractivity contribution in [1.82, 2.24) is 20.2 Å². The normalized spacial score (nSPS) is 13.6. The summed E-state index contributed by atoms with van der Waals surface area (Å²) in [6, 6.07) is 4.99. The minimum absolute atomic E-state index is 0.337. The molecule has 5 nitrogen and oxygen atoms in total. The van der Waals surface area contributed by atoms with Crippen molar-refractivity contribution in [1.29, 1.82) is 0 Å². The third kappa shape index (κ3) is 6.28. The summed E-state index contributed by atoms with van der Waals surface area (Å²) in [6.07, 6.45) is -0.683. The standard InChI is InChI=1S/C20H28F3N5/c1-5-24-19(26-12-18-25-9-10-28(18)13-14(2)3)27-15(4)16-7-6-8-17(11-16)20(21,22)23/h6-11,14-15H,5,12-13H2,1-4H3,(H2,24,26,27). The molecule has 28 heavy (non-hydrogen) atoms. The van der Waals surface area contributed by atoms with Gasteiger partial charge in [0.25, 0.3) is 0 Å². The zero-order valence-electron chi connectivity index (χ0n) is 16.7. The summed E-state index contributed by atoms with van der Waals surface area (Å²) < 4.78 is 40.9. The van der Waals surface area contributed by atoms with Crippen LogP contribution in [0.2, 0.25) is 0 Å². The second kappa shape index (κ2) is 9.61. The molecule has 1 unspecified atom stereocenters. The number of imidazole rings is 1. The minimum atomic E-state index is -4.36. The quantitative estimate of drug-likeness (QED) is 0.541. The molecule has 0 saturated heterocycles. The van der Waals surface area contributed by atoms with E-state index >= 15 is 0 Å². The molecule has 0 aliphatic carbocycles. The highest BCUT2D eigenvalue weighted by Crippen LogP contribution is 2.30. The van der Waals surface area contributed by atoms with Gasteiger partial charge in [-0.05, 0) is 37.5 Å². The first kappa shape index (κ1) is 21.8. The summed E-state index contributed by atoms with van der Waals surface area (Å²) >= 11 is 0. The lowest BCUT2D eigenvalue weighted by atomic mass is 10.1. The number of aromatic nitrogens is 2. The molecular weight excluding hydrogens is 367 g/mol. The van der Waals surface area contributed by atoms with Crippen molar-refractivity contribution in [3.63, 3.8) is 0 Å². The van der Waals surface area contributed by atoms with Crippen LogP contribution >= 0.6 is 0 Å². The van der Waals surface area contributed by atoms with E-state index in [0.717, 1.165) is 24.5 Å². The largest absolute Gasteiger partial charge is 0.416 e. The number of halogens is 3. The van der Waals surface area contributed by atoms with Gasteiger partial charge >= 0.3 is 6.18 Å². The van der Waals surface area contributed by atoms with Gasteiger partial charge in [0.2, 0.25) is 0 Å². The number of nitrogens with zero attached hydrogens (tertiary/aromatic N) is 3. The van der Waals surface area contributed by atoms with Crippen molar-refractivity contribution in [2.75, 3.05) is 6.54 Å². The van der Waals surface area contributed by atoms with Gasteiger partial charge in [0.15, 0.2) is 5.96 Å². The highest BCUT2D eigenvalue weighted by atomic mass is 19.4. The van der Waals surface area contributed by atoms with E-state index in [9.17, 15) is 13.2 Å². The first-order valence-corrected chi connectivity index (χ1v) is 9.42. The predicted molar refractivity (Wildman–Crippen MR) is 105 cm³/mol. The Hall–Kier alpha value is -2.51. The van der Waals surface area contributed by atoms with Gasteiger partial charge in [-0.3, -0.25) is 0 Å². The van der Waals surface area contributed by atoms with Crippen LogP contribution < -0.4 is 10.6 Å². The third-order valence-electron chi connectivity index (χ3n) is 4.15. The van der Waals surface area contributed by atoms with Crippen molar-refractivity contribution in [3.8, 4) is 0 Å². The fraction of sp³-hybridized carbons (Fsp3) is 0.500. The van der Waals surface area contributed by atoms with E-state index in [1.54, 1.807) is 12.3 Å². The molecule has 2 rings (SSSR count). The molecule has 2 N–H and O–H groups in total. The summed E-state index contributed by atoms with van der Waals surface area (Å²) in [6.45, 7) is 9.89. The molecule has 2 aromatic rings. The SMILES string of the molecule is CCNC(=NCc1nccn1CC(C)C)NC(C)c1cccc(C(F)(F)F)c1. The van der Waals surface area contributed by atoms with Crippen molar-refractivity contribution < 1.29 is 13.2 Å². The molecule has 0 bridgehead atoms. The summed E-state index contributed by atoms with van der Waals surface area (Å²) in [5.41, 5.74) is -0.113. The maximum Gasteiger partial charge on any atom is 0.416 e. The molecule has 1 heterocycles. The average molecular weight is 395 g/mol. The highest BCUT2D eigenvalue weighted by molar-refractivity contribution is 5.80. The van der Waals surface area contributed by atoms with E-state index in [4.69, 9.17) is 0 Å². The zero-order chi connectivity index (χ0) is 20.7. The summed E-state index contributed by atoms with van der Waals surface area (Å²) in [5.74, 6) is 1.87. The number of benzene rings is 1. The summed E-state index contributed by atoms with van der Waals surface area (Å²) in [4.78, 5) is 8.90. The van der Waals surface area contributed by atoms with Gasteiger partial charge in [0.05, 0.1) is 11.6 Å². The number of aliphatic imine (C=N–C) groups is 1. The highest BCUT2D eigenvalue weighted by Gasteiger charge is 2.30. The van der Waals surface area contributed by atoms with Crippen LogP contribution in [0.25, 0.3) is 0 Å². The lowest BCUT2D eigenvalue weighted by Crippen LogP contribution is -2.38. The third-order valence-corrected chi connectivity index (χ3v) is 4.15. The molecule has 0 aliphatic rings. The molecule has 1 atom stereocenters. The first-order chi connectivity index (χ1) is 13.2. The van der Waals surface area contributed by atoms with Crippen LogP contribution in [-0.2, 0) is 19.3 Å². The topological polar surface area (TPSA) is 54.2 Å². The van der Waals surface area contributed by atoms with Crippen LogP contribution in [0.15, 0.2) is 41.7 Å². The number of rotatable bonds is 7. The number of alkyl halides is 3. The molecule has 0 aliphatic heterocycles. The second-order valence-electron chi connectivity index (χ2n) is 7.07. The van der Waals surface area contributed by atoms with Gasteiger partial charge in [-0.25, -0.2) is 9.98 Å². The second-order valence-corrected chi connectivity index (χ2v) is 7.07. The molecule has 154 valence electrons. The smallest absolute Gasteiger partial charge is 0.357 e. The lowest BCUT2D eigenvalue weighted by molar-refractivity contribution is -0.137. The molecule has 0 fully saturated rings. The Bertz CT molecular complexity index is 780. The Kier molecular flexibility index (Phi) is 7.48. The van der Waals surface area contributed by atoms with E-state index in [-0.39, 0.29) is 6.04 Å². The van der Waals surface area contributed by atoms with Gasteiger partial charge < -0.3 is 15.2 Å². The molecule has 0 amide bonds. The number of guanidine groups is 1. The van der Waals surface area contributed by atoms with Crippen LogP contribution in [0.4, 0.5) is 13.2 Å². The Morgan fingerprint density at radius 3 is 2.64 bits per heavy atom. The first-order valence-electron chi connectivity index (χ1n) is 9.42. The molecular formula is C20H28F3N5. The Balaban J connectivity index is 2.12. The van der Waals surface area contributed by atoms with E-state index in [1.165, 1.54) is 6.07 Å². The Morgan fingerprint density at radius 1 is 1.25 bits per heavy atom. The van der Waals surface area contributed by atoms with Crippen LogP contribution in [-0.4, -0.2) is 22.1 Å². The van der Waals surface area contributed by atoms with Crippen LogP contribution in [0, 0.1) is 5.92 Å². The van der Waals surface area contributed by atoms with Gasteiger partial charge in [0.1, 0.15) is 12.4 Å². The van der Waals surface area contributed by atoms with E-state index in [1.807, 2.05) is 20.0 Å². The maximum atomic E-state index is 13.0. The van der Waals surface area contributed by atoms with Gasteiger partial charge in [0, 0.05) is 25.5 Å². The van der Waals surface area contributed by atoms with Gasteiger partial charge in [-0.2, -0.15) is 13.2 Å². The van der Waals surface area contributed by atoms with E-state index in [0.29, 0.717) is 30.5 Å². The van der Waals surface area contributed by atoms with E-state index < -0.39 is 11.7 Å². The molecule has 1 aromatic carbocycles. The monoisotopic (exact) mass is 395 g/mol. The van der Waals surface area contributed by atoms with Crippen molar-refractivity contribution in [2.45, 2.75) is 53.0 Å². The van der Waals surface area contributed by atoms with Gasteiger partial charge in [-0.1, -0.05) is 26.0 Å². The number of hydrogen-bond donors (Lipinski definition) is 2. The zero-order valence-corrected chi connectivity index (χ0v) is 16.7.